The normalized spacial score (nSPS) is 11.3. The molecule has 0 aromatic heterocycles. The second-order valence-electron chi connectivity index (χ2n) is 5.00. The molecule has 0 aliphatic rings. The third kappa shape index (κ3) is 4.49. The molecule has 6 nitrogen and oxygen atoms in total. The van der Waals surface area contributed by atoms with Gasteiger partial charge >= 0.3 is 5.97 Å². The number of anilines is 1. The molecule has 0 heterocycles. The molecule has 0 spiro atoms. The average molecular weight is 329 g/mol. The summed E-state index contributed by atoms with van der Waals surface area (Å²) >= 11 is 0. The summed E-state index contributed by atoms with van der Waals surface area (Å²) in [5, 5.41) is 2.68. The van der Waals surface area contributed by atoms with Crippen LogP contribution in [0.25, 0.3) is 0 Å². The van der Waals surface area contributed by atoms with E-state index >= 15 is 0 Å². The first-order valence-electron chi connectivity index (χ1n) is 7.33. The number of hydrogen-bond donors (Lipinski definition) is 1. The van der Waals surface area contributed by atoms with Crippen molar-refractivity contribution in [3.8, 4) is 11.5 Å². The molecule has 0 saturated carbocycles. The summed E-state index contributed by atoms with van der Waals surface area (Å²) in [7, 11) is 3.08. The number of rotatable bonds is 6. The molecule has 1 amide bonds. The second-order valence-corrected chi connectivity index (χ2v) is 5.00. The molecule has 2 aromatic rings. The molecule has 24 heavy (non-hydrogen) atoms. The van der Waals surface area contributed by atoms with E-state index in [1.807, 2.05) is 0 Å². The third-order valence-electron chi connectivity index (χ3n) is 3.32. The van der Waals surface area contributed by atoms with Crippen molar-refractivity contribution in [3.63, 3.8) is 0 Å². The maximum atomic E-state index is 12.1. The SMILES string of the molecule is COc1ccc(C(=O)O[C@H](C)C(=O)Nc2cccc(OC)c2)cc1. The molecule has 1 N–H and O–H groups in total. The number of esters is 1. The number of benzene rings is 2. The number of amides is 1. The van der Waals surface area contributed by atoms with E-state index in [4.69, 9.17) is 14.2 Å². The van der Waals surface area contributed by atoms with Crippen LogP contribution in [-0.4, -0.2) is 32.2 Å². The van der Waals surface area contributed by atoms with Gasteiger partial charge in [0.05, 0.1) is 19.8 Å². The maximum absolute atomic E-state index is 12.1. The van der Waals surface area contributed by atoms with Gasteiger partial charge in [-0.15, -0.1) is 0 Å². The third-order valence-corrected chi connectivity index (χ3v) is 3.32. The number of ether oxygens (including phenoxy) is 3. The van der Waals surface area contributed by atoms with Crippen LogP contribution < -0.4 is 14.8 Å². The highest BCUT2D eigenvalue weighted by atomic mass is 16.5. The molecule has 0 radical (unpaired) electrons. The topological polar surface area (TPSA) is 73.9 Å². The fourth-order valence-electron chi connectivity index (χ4n) is 1.95. The molecule has 2 aromatic carbocycles. The van der Waals surface area contributed by atoms with Gasteiger partial charge in [0, 0.05) is 11.8 Å². The Morgan fingerprint density at radius 2 is 1.62 bits per heavy atom. The molecule has 0 aliphatic carbocycles. The molecular formula is C18H19NO5. The summed E-state index contributed by atoms with van der Waals surface area (Å²) in [6, 6.07) is 13.4. The largest absolute Gasteiger partial charge is 0.497 e. The van der Waals surface area contributed by atoms with Gasteiger partial charge in [0.2, 0.25) is 0 Å². The molecule has 126 valence electrons. The second kappa shape index (κ2) is 8.01. The number of nitrogens with one attached hydrogen (secondary N) is 1. The van der Waals surface area contributed by atoms with E-state index in [0.717, 1.165) is 0 Å². The molecule has 1 atom stereocenters. The van der Waals surface area contributed by atoms with Gasteiger partial charge in [-0.2, -0.15) is 0 Å². The van der Waals surface area contributed by atoms with Crippen LogP contribution in [-0.2, 0) is 9.53 Å². The predicted molar refractivity (Wildman–Crippen MR) is 89.5 cm³/mol. The summed E-state index contributed by atoms with van der Waals surface area (Å²) in [5.41, 5.74) is 0.906. The van der Waals surface area contributed by atoms with E-state index in [1.165, 1.54) is 14.0 Å². The minimum atomic E-state index is -0.939. The minimum Gasteiger partial charge on any atom is -0.497 e. The van der Waals surface area contributed by atoms with Crippen LogP contribution in [0, 0.1) is 0 Å². The van der Waals surface area contributed by atoms with Gasteiger partial charge in [-0.25, -0.2) is 4.79 Å². The Labute approximate surface area is 140 Å². The van der Waals surface area contributed by atoms with Crippen LogP contribution in [0.5, 0.6) is 11.5 Å². The lowest BCUT2D eigenvalue weighted by molar-refractivity contribution is -0.123. The van der Waals surface area contributed by atoms with E-state index in [9.17, 15) is 9.59 Å². The van der Waals surface area contributed by atoms with Crippen LogP contribution in [0.2, 0.25) is 0 Å². The monoisotopic (exact) mass is 329 g/mol. The Balaban J connectivity index is 1.95. The average Bonchev–Trinajstić information content (AvgIpc) is 2.61. The molecule has 0 fully saturated rings. The molecule has 0 unspecified atom stereocenters. The predicted octanol–water partition coefficient (Wildman–Crippen LogP) is 2.89. The molecule has 0 bridgehead atoms. The van der Waals surface area contributed by atoms with Crippen LogP contribution in [0.4, 0.5) is 5.69 Å². The van der Waals surface area contributed by atoms with Gasteiger partial charge in [-0.1, -0.05) is 6.07 Å². The quantitative estimate of drug-likeness (QED) is 0.825. The Bertz CT molecular complexity index is 712. The minimum absolute atomic E-state index is 0.344. The first-order chi connectivity index (χ1) is 11.5. The van der Waals surface area contributed by atoms with Crippen molar-refractivity contribution in [3.05, 3.63) is 54.1 Å². The summed E-state index contributed by atoms with van der Waals surface area (Å²) in [5.74, 6) is 0.252. The zero-order valence-corrected chi connectivity index (χ0v) is 13.7. The van der Waals surface area contributed by atoms with Gasteiger partial charge in [-0.05, 0) is 43.3 Å². The Morgan fingerprint density at radius 1 is 0.958 bits per heavy atom. The standard InChI is InChI=1S/C18H19NO5/c1-12(17(20)19-14-5-4-6-16(11-14)23-3)24-18(21)13-7-9-15(22-2)10-8-13/h4-12H,1-3H3,(H,19,20)/t12-/m1/s1. The number of carbonyl (C=O) groups is 2. The van der Waals surface area contributed by atoms with Crippen molar-refractivity contribution < 1.29 is 23.8 Å². The van der Waals surface area contributed by atoms with Crippen molar-refractivity contribution in [2.75, 3.05) is 19.5 Å². The van der Waals surface area contributed by atoms with Crippen LogP contribution in [0.1, 0.15) is 17.3 Å². The molecule has 2 rings (SSSR count). The van der Waals surface area contributed by atoms with Gasteiger partial charge in [0.25, 0.3) is 5.91 Å². The lowest BCUT2D eigenvalue weighted by Crippen LogP contribution is -2.30. The summed E-state index contributed by atoms with van der Waals surface area (Å²) < 4.78 is 15.3. The highest BCUT2D eigenvalue weighted by Crippen LogP contribution is 2.17. The van der Waals surface area contributed by atoms with E-state index in [0.29, 0.717) is 22.7 Å². The molecular weight excluding hydrogens is 310 g/mol. The van der Waals surface area contributed by atoms with E-state index in [2.05, 4.69) is 5.32 Å². The Morgan fingerprint density at radius 3 is 2.25 bits per heavy atom. The van der Waals surface area contributed by atoms with E-state index in [1.54, 1.807) is 55.6 Å². The lowest BCUT2D eigenvalue weighted by Gasteiger charge is -2.14. The van der Waals surface area contributed by atoms with Crippen molar-refractivity contribution in [1.29, 1.82) is 0 Å². The van der Waals surface area contributed by atoms with Crippen molar-refractivity contribution >= 4 is 17.6 Å². The molecule has 6 heteroatoms. The van der Waals surface area contributed by atoms with Gasteiger partial charge in [-0.3, -0.25) is 4.79 Å². The Hall–Kier alpha value is -3.02. The molecule has 0 saturated heterocycles. The summed E-state index contributed by atoms with van der Waals surface area (Å²) in [6.07, 6.45) is -0.939. The fraction of sp³-hybridized carbons (Fsp3) is 0.222. The highest BCUT2D eigenvalue weighted by molar-refractivity contribution is 5.97. The van der Waals surface area contributed by atoms with Crippen molar-refractivity contribution in [2.45, 2.75) is 13.0 Å². The van der Waals surface area contributed by atoms with E-state index < -0.39 is 18.0 Å². The Kier molecular flexibility index (Phi) is 5.78. The van der Waals surface area contributed by atoms with Gasteiger partial charge < -0.3 is 19.5 Å². The number of carbonyl (C=O) groups excluding carboxylic acids is 2. The summed E-state index contributed by atoms with van der Waals surface area (Å²) in [4.78, 5) is 24.2. The van der Waals surface area contributed by atoms with Crippen molar-refractivity contribution in [2.24, 2.45) is 0 Å². The van der Waals surface area contributed by atoms with Crippen LogP contribution >= 0.6 is 0 Å². The van der Waals surface area contributed by atoms with Crippen LogP contribution in [0.15, 0.2) is 48.5 Å². The highest BCUT2D eigenvalue weighted by Gasteiger charge is 2.19. The van der Waals surface area contributed by atoms with E-state index in [-0.39, 0.29) is 0 Å². The zero-order chi connectivity index (χ0) is 17.5. The van der Waals surface area contributed by atoms with Gasteiger partial charge in [0.15, 0.2) is 6.10 Å². The first kappa shape index (κ1) is 17.3. The summed E-state index contributed by atoms with van der Waals surface area (Å²) in [6.45, 7) is 1.51. The number of hydrogen-bond acceptors (Lipinski definition) is 5. The van der Waals surface area contributed by atoms with Gasteiger partial charge in [0.1, 0.15) is 11.5 Å². The zero-order valence-electron chi connectivity index (χ0n) is 13.7. The maximum Gasteiger partial charge on any atom is 0.338 e. The number of methoxy groups -OCH3 is 2. The van der Waals surface area contributed by atoms with Crippen LogP contribution in [0.3, 0.4) is 0 Å². The fourth-order valence-corrected chi connectivity index (χ4v) is 1.95. The molecule has 0 aliphatic heterocycles. The lowest BCUT2D eigenvalue weighted by atomic mass is 10.2. The van der Waals surface area contributed by atoms with Crippen molar-refractivity contribution in [1.82, 2.24) is 0 Å². The first-order valence-corrected chi connectivity index (χ1v) is 7.33. The smallest absolute Gasteiger partial charge is 0.338 e.